The quantitative estimate of drug-likeness (QED) is 0.266. The average Bonchev–Trinajstić information content (AvgIpc) is 2.43. The Bertz CT molecular complexity index is 213. The molecule has 0 amide bonds. The van der Waals surface area contributed by atoms with Crippen LogP contribution in [0.1, 0.15) is 96.3 Å². The summed E-state index contributed by atoms with van der Waals surface area (Å²) < 4.78 is 0. The van der Waals surface area contributed by atoms with E-state index in [-0.39, 0.29) is 36.0 Å². The van der Waals surface area contributed by atoms with Gasteiger partial charge in [0.05, 0.1) is 0 Å². The molecule has 0 unspecified atom stereocenters. The van der Waals surface area contributed by atoms with E-state index in [0.29, 0.717) is 0 Å². The second kappa shape index (κ2) is 20.8. The molecule has 0 aliphatic rings. The zero-order valence-corrected chi connectivity index (χ0v) is 17.0. The summed E-state index contributed by atoms with van der Waals surface area (Å²) in [6.45, 7) is 0. The molecule has 0 aromatic heterocycles. The number of hydrogen-bond donors (Lipinski definition) is 1. The molecule has 0 N–H and O–H groups in total. The van der Waals surface area contributed by atoms with Gasteiger partial charge in [0, 0.05) is 5.97 Å². The first kappa shape index (κ1) is 24.1. The van der Waals surface area contributed by atoms with Gasteiger partial charge in [0.2, 0.25) is 0 Å². The van der Waals surface area contributed by atoms with Gasteiger partial charge in [0.1, 0.15) is 0 Å². The summed E-state index contributed by atoms with van der Waals surface area (Å²) in [5.74, 6) is 0.128. The maximum absolute atomic E-state index is 10.2. The van der Waals surface area contributed by atoms with E-state index in [1.54, 1.807) is 0 Å². The van der Waals surface area contributed by atoms with Gasteiger partial charge in [0.15, 0.2) is 0 Å². The second-order valence-corrected chi connectivity index (χ2v) is 6.24. The fourth-order valence-corrected chi connectivity index (χ4v) is 2.73. The van der Waals surface area contributed by atoms with Gasteiger partial charge in [-0.3, -0.25) is 0 Å². The van der Waals surface area contributed by atoms with E-state index in [1.165, 1.54) is 77.0 Å². The molecular weight excluding hydrogens is 291 g/mol. The van der Waals surface area contributed by atoms with Crippen molar-refractivity contribution in [2.24, 2.45) is 0 Å². The van der Waals surface area contributed by atoms with Crippen LogP contribution in [0.3, 0.4) is 0 Å². The molecule has 0 aliphatic carbocycles. The van der Waals surface area contributed by atoms with Gasteiger partial charge < -0.3 is 9.90 Å². The fourth-order valence-electron chi connectivity index (χ4n) is 2.50. The molecule has 0 rings (SSSR count). The van der Waals surface area contributed by atoms with Gasteiger partial charge in [-0.2, -0.15) is 12.6 Å². The maximum atomic E-state index is 10.2. The van der Waals surface area contributed by atoms with Crippen LogP contribution in [0.5, 0.6) is 0 Å². The van der Waals surface area contributed by atoms with Crippen LogP contribution in [-0.2, 0) is 4.79 Å². The molecule has 0 saturated carbocycles. The Morgan fingerprint density at radius 2 is 0.905 bits per heavy atom. The number of aliphatic carboxylic acids is 1. The average molecular weight is 325 g/mol. The number of thiol groups is 1. The molecule has 0 saturated heterocycles. The van der Waals surface area contributed by atoms with E-state index in [0.717, 1.165) is 18.6 Å². The first-order valence-electron chi connectivity index (χ1n) is 8.58. The Labute approximate surface area is 159 Å². The summed E-state index contributed by atoms with van der Waals surface area (Å²) in [5.41, 5.74) is 0. The number of rotatable bonds is 16. The van der Waals surface area contributed by atoms with Crippen LogP contribution in [0, 0.1) is 0 Å². The normalized spacial score (nSPS) is 10.3. The predicted octanol–water partition coefficient (Wildman–Crippen LogP) is 1.52. The van der Waals surface area contributed by atoms with E-state index in [2.05, 4.69) is 12.6 Å². The van der Waals surface area contributed by atoms with Gasteiger partial charge in [-0.25, -0.2) is 0 Å². The van der Waals surface area contributed by atoms with E-state index in [4.69, 9.17) is 0 Å². The summed E-state index contributed by atoms with van der Waals surface area (Å²) in [7, 11) is 0. The molecule has 0 aromatic carbocycles. The molecule has 0 aliphatic heterocycles. The SMILES string of the molecule is O=C([O-])CCCCCCCCCCCCCCCCS.[Na+]. The minimum absolute atomic E-state index is 0. The molecule has 0 radical (unpaired) electrons. The molecule has 2 nitrogen and oxygen atoms in total. The third-order valence-corrected chi connectivity index (χ3v) is 4.11. The Kier molecular flexibility index (Phi) is 23.9. The standard InChI is InChI=1S/C17H34O2S.Na/c18-17(19)15-13-11-9-7-5-3-1-2-4-6-8-10-12-14-16-20;/h20H,1-16H2,(H,18,19);/q;+1/p-1. The number of carboxylic acids is 1. The second-order valence-electron chi connectivity index (χ2n) is 5.80. The van der Waals surface area contributed by atoms with Crippen LogP contribution in [0.2, 0.25) is 0 Å². The molecule has 4 heteroatoms. The van der Waals surface area contributed by atoms with E-state index in [1.807, 2.05) is 0 Å². The third kappa shape index (κ3) is 23.2. The molecular formula is C17H33NaO2S. The van der Waals surface area contributed by atoms with Crippen molar-refractivity contribution in [1.82, 2.24) is 0 Å². The molecule has 0 heterocycles. The number of carbonyl (C=O) groups excluding carboxylic acids is 1. The van der Waals surface area contributed by atoms with Gasteiger partial charge in [-0.05, 0) is 25.0 Å². The summed E-state index contributed by atoms with van der Waals surface area (Å²) in [4.78, 5) is 10.2. The van der Waals surface area contributed by atoms with Crippen LogP contribution in [0.15, 0.2) is 0 Å². The maximum Gasteiger partial charge on any atom is 1.00 e. The van der Waals surface area contributed by atoms with Gasteiger partial charge in [-0.15, -0.1) is 0 Å². The summed E-state index contributed by atoms with van der Waals surface area (Å²) in [6.07, 6.45) is 18.1. The van der Waals surface area contributed by atoms with E-state index >= 15 is 0 Å². The zero-order valence-electron chi connectivity index (χ0n) is 14.1. The number of hydrogen-bond acceptors (Lipinski definition) is 3. The largest absolute Gasteiger partial charge is 1.00 e. The minimum atomic E-state index is -0.907. The summed E-state index contributed by atoms with van der Waals surface area (Å²) >= 11 is 4.22. The number of carboxylic acid groups (broad SMARTS) is 1. The van der Waals surface area contributed by atoms with Crippen LogP contribution < -0.4 is 34.7 Å². The molecule has 0 fully saturated rings. The first-order valence-corrected chi connectivity index (χ1v) is 9.21. The third-order valence-electron chi connectivity index (χ3n) is 3.79. The predicted molar refractivity (Wildman–Crippen MR) is 88.1 cm³/mol. The summed E-state index contributed by atoms with van der Waals surface area (Å²) in [6, 6.07) is 0. The van der Waals surface area contributed by atoms with Crippen LogP contribution in [-0.4, -0.2) is 11.7 Å². The molecule has 21 heavy (non-hydrogen) atoms. The fraction of sp³-hybridized carbons (Fsp3) is 0.941. The molecule has 120 valence electrons. The smallest absolute Gasteiger partial charge is 0.550 e. The van der Waals surface area contributed by atoms with Crippen molar-refractivity contribution >= 4 is 18.6 Å². The number of carbonyl (C=O) groups is 1. The van der Waals surface area contributed by atoms with Gasteiger partial charge >= 0.3 is 29.6 Å². The van der Waals surface area contributed by atoms with Crippen molar-refractivity contribution in [1.29, 1.82) is 0 Å². The topological polar surface area (TPSA) is 40.1 Å². The van der Waals surface area contributed by atoms with E-state index in [9.17, 15) is 9.90 Å². The van der Waals surface area contributed by atoms with Crippen molar-refractivity contribution in [2.45, 2.75) is 96.3 Å². The molecule has 0 aromatic rings. The zero-order chi connectivity index (χ0) is 14.9. The van der Waals surface area contributed by atoms with Crippen molar-refractivity contribution < 1.29 is 39.5 Å². The Morgan fingerprint density at radius 1 is 0.619 bits per heavy atom. The first-order chi connectivity index (χ1) is 9.77. The minimum Gasteiger partial charge on any atom is -0.550 e. The molecule has 0 bridgehead atoms. The van der Waals surface area contributed by atoms with Crippen molar-refractivity contribution in [2.75, 3.05) is 5.75 Å². The van der Waals surface area contributed by atoms with Crippen molar-refractivity contribution in [3.8, 4) is 0 Å². The Morgan fingerprint density at radius 3 is 1.19 bits per heavy atom. The molecule has 0 atom stereocenters. The van der Waals surface area contributed by atoms with Crippen LogP contribution in [0.25, 0.3) is 0 Å². The van der Waals surface area contributed by atoms with Crippen molar-refractivity contribution in [3.05, 3.63) is 0 Å². The van der Waals surface area contributed by atoms with Gasteiger partial charge in [0.25, 0.3) is 0 Å². The molecule has 0 spiro atoms. The van der Waals surface area contributed by atoms with Crippen LogP contribution >= 0.6 is 12.6 Å². The van der Waals surface area contributed by atoms with E-state index < -0.39 is 5.97 Å². The Balaban J connectivity index is 0. The monoisotopic (exact) mass is 324 g/mol. The van der Waals surface area contributed by atoms with Gasteiger partial charge in [-0.1, -0.05) is 77.0 Å². The van der Waals surface area contributed by atoms with Crippen molar-refractivity contribution in [3.63, 3.8) is 0 Å². The van der Waals surface area contributed by atoms with Crippen LogP contribution in [0.4, 0.5) is 0 Å². The summed E-state index contributed by atoms with van der Waals surface area (Å²) in [5, 5.41) is 10.2. The Hall–Kier alpha value is 0.820. The number of unbranched alkanes of at least 4 members (excludes halogenated alkanes) is 13.